The number of ether oxygens (including phenoxy) is 1. The molecule has 1 aliphatic carbocycles. The standard InChI is InChI=1S/C24H27Cl3N2O3/c1-2-21(24(31)28-18-8-4-5-9-18)29(14-16-7-3-6-10-19(16)26)23(30)15-32-22-12-11-17(25)13-20(22)27/h3,6-7,10-13,18,21H,2,4-5,8-9,14-15H2,1H3,(H,28,31)/t21-/m0/s1. The molecule has 0 heterocycles. The third kappa shape index (κ3) is 6.53. The van der Waals surface area contributed by atoms with Crippen LogP contribution >= 0.6 is 34.8 Å². The zero-order chi connectivity index (χ0) is 23.1. The van der Waals surface area contributed by atoms with Gasteiger partial charge in [-0.25, -0.2) is 0 Å². The maximum atomic E-state index is 13.3. The van der Waals surface area contributed by atoms with Gasteiger partial charge in [-0.1, -0.05) is 72.8 Å². The topological polar surface area (TPSA) is 58.6 Å². The average Bonchev–Trinajstić information content (AvgIpc) is 3.27. The Morgan fingerprint density at radius 3 is 2.47 bits per heavy atom. The van der Waals surface area contributed by atoms with Crippen LogP contribution in [0, 0.1) is 0 Å². The summed E-state index contributed by atoms with van der Waals surface area (Å²) in [7, 11) is 0. The molecule has 0 unspecified atom stereocenters. The number of hydrogen-bond acceptors (Lipinski definition) is 3. The molecule has 0 saturated heterocycles. The van der Waals surface area contributed by atoms with Crippen molar-refractivity contribution >= 4 is 46.6 Å². The maximum Gasteiger partial charge on any atom is 0.261 e. The van der Waals surface area contributed by atoms with Gasteiger partial charge in [0.15, 0.2) is 6.61 Å². The molecule has 32 heavy (non-hydrogen) atoms. The molecular formula is C24H27Cl3N2O3. The average molecular weight is 498 g/mol. The molecule has 2 amide bonds. The third-order valence-corrected chi connectivity index (χ3v) is 6.53. The van der Waals surface area contributed by atoms with Gasteiger partial charge in [0, 0.05) is 22.6 Å². The summed E-state index contributed by atoms with van der Waals surface area (Å²) in [4.78, 5) is 27.9. The third-order valence-electron chi connectivity index (χ3n) is 5.63. The van der Waals surface area contributed by atoms with Gasteiger partial charge in [-0.3, -0.25) is 9.59 Å². The van der Waals surface area contributed by atoms with E-state index in [9.17, 15) is 9.59 Å². The van der Waals surface area contributed by atoms with E-state index < -0.39 is 6.04 Å². The number of nitrogens with one attached hydrogen (secondary N) is 1. The summed E-state index contributed by atoms with van der Waals surface area (Å²) in [5, 5.41) is 4.44. The van der Waals surface area contributed by atoms with Crippen molar-refractivity contribution in [3.8, 4) is 5.75 Å². The van der Waals surface area contributed by atoms with Gasteiger partial charge in [0.1, 0.15) is 11.8 Å². The molecule has 172 valence electrons. The number of rotatable bonds is 9. The van der Waals surface area contributed by atoms with Gasteiger partial charge in [0.25, 0.3) is 5.91 Å². The van der Waals surface area contributed by atoms with Crippen LogP contribution < -0.4 is 10.1 Å². The van der Waals surface area contributed by atoms with E-state index in [0.29, 0.717) is 27.2 Å². The van der Waals surface area contributed by atoms with E-state index in [1.54, 1.807) is 24.3 Å². The molecule has 2 aromatic carbocycles. The van der Waals surface area contributed by atoms with Gasteiger partial charge in [0.05, 0.1) is 5.02 Å². The van der Waals surface area contributed by atoms with E-state index >= 15 is 0 Å². The SMILES string of the molecule is CC[C@@H](C(=O)NC1CCCC1)N(Cc1ccccc1Cl)C(=O)COc1ccc(Cl)cc1Cl. The minimum Gasteiger partial charge on any atom is -0.482 e. The Morgan fingerprint density at radius 2 is 1.81 bits per heavy atom. The van der Waals surface area contributed by atoms with Crippen LogP contribution in [0.15, 0.2) is 42.5 Å². The number of hydrogen-bond donors (Lipinski definition) is 1. The monoisotopic (exact) mass is 496 g/mol. The lowest BCUT2D eigenvalue weighted by Gasteiger charge is -2.31. The molecular weight excluding hydrogens is 471 g/mol. The number of benzene rings is 2. The highest BCUT2D eigenvalue weighted by atomic mass is 35.5. The first-order valence-electron chi connectivity index (χ1n) is 10.8. The second kappa shape index (κ2) is 11.8. The van der Waals surface area contributed by atoms with E-state index in [-0.39, 0.29) is 31.0 Å². The molecule has 1 atom stereocenters. The van der Waals surface area contributed by atoms with Crippen molar-refractivity contribution in [3.05, 3.63) is 63.1 Å². The largest absolute Gasteiger partial charge is 0.482 e. The number of halogens is 3. The lowest BCUT2D eigenvalue weighted by molar-refractivity contribution is -0.143. The van der Waals surface area contributed by atoms with E-state index in [1.165, 1.54) is 4.90 Å². The van der Waals surface area contributed by atoms with Crippen molar-refractivity contribution < 1.29 is 14.3 Å². The van der Waals surface area contributed by atoms with Crippen molar-refractivity contribution in [1.29, 1.82) is 0 Å². The van der Waals surface area contributed by atoms with Crippen molar-refractivity contribution in [2.45, 2.75) is 57.7 Å². The number of nitrogens with zero attached hydrogens (tertiary/aromatic N) is 1. The summed E-state index contributed by atoms with van der Waals surface area (Å²) in [5.74, 6) is -0.126. The first-order chi connectivity index (χ1) is 15.4. The highest BCUT2D eigenvalue weighted by Gasteiger charge is 2.31. The molecule has 0 aliphatic heterocycles. The molecule has 0 bridgehead atoms. The molecule has 3 rings (SSSR count). The van der Waals surface area contributed by atoms with Crippen LogP contribution in [-0.4, -0.2) is 35.4 Å². The summed E-state index contributed by atoms with van der Waals surface area (Å²) in [6, 6.07) is 11.6. The highest BCUT2D eigenvalue weighted by Crippen LogP contribution is 2.28. The lowest BCUT2D eigenvalue weighted by Crippen LogP contribution is -2.52. The zero-order valence-electron chi connectivity index (χ0n) is 18.0. The molecule has 8 heteroatoms. The highest BCUT2D eigenvalue weighted by molar-refractivity contribution is 6.35. The van der Waals surface area contributed by atoms with Crippen LogP contribution in [0.5, 0.6) is 5.75 Å². The van der Waals surface area contributed by atoms with Crippen LogP contribution in [0.25, 0.3) is 0 Å². The van der Waals surface area contributed by atoms with E-state index in [2.05, 4.69) is 5.32 Å². The second-order valence-electron chi connectivity index (χ2n) is 7.89. The van der Waals surface area contributed by atoms with Gasteiger partial charge in [0.2, 0.25) is 5.91 Å². The van der Waals surface area contributed by atoms with Crippen molar-refractivity contribution in [1.82, 2.24) is 10.2 Å². The molecule has 1 aliphatic rings. The predicted octanol–water partition coefficient (Wildman–Crippen LogP) is 5.89. The summed E-state index contributed by atoms with van der Waals surface area (Å²) in [6.45, 7) is 1.83. The van der Waals surface area contributed by atoms with Crippen LogP contribution in [-0.2, 0) is 16.1 Å². The van der Waals surface area contributed by atoms with Gasteiger partial charge in [-0.05, 0) is 49.1 Å². The fourth-order valence-electron chi connectivity index (χ4n) is 3.91. The first-order valence-corrected chi connectivity index (χ1v) is 11.9. The molecule has 2 aromatic rings. The fourth-order valence-corrected chi connectivity index (χ4v) is 4.57. The fraction of sp³-hybridized carbons (Fsp3) is 0.417. The van der Waals surface area contributed by atoms with Gasteiger partial charge in [-0.15, -0.1) is 0 Å². The van der Waals surface area contributed by atoms with Crippen LogP contribution in [0.3, 0.4) is 0 Å². The summed E-state index contributed by atoms with van der Waals surface area (Å²) < 4.78 is 5.66. The smallest absolute Gasteiger partial charge is 0.261 e. The zero-order valence-corrected chi connectivity index (χ0v) is 20.2. The van der Waals surface area contributed by atoms with Crippen LogP contribution in [0.1, 0.15) is 44.6 Å². The molecule has 0 radical (unpaired) electrons. The minimum atomic E-state index is -0.635. The van der Waals surface area contributed by atoms with E-state index in [0.717, 1.165) is 31.2 Å². The Labute approximate surface area is 204 Å². The molecule has 5 nitrogen and oxygen atoms in total. The van der Waals surface area contributed by atoms with E-state index in [1.807, 2.05) is 25.1 Å². The Hall–Kier alpha value is -1.95. The normalized spacial score (nSPS) is 14.8. The molecule has 0 aromatic heterocycles. The number of carbonyl (C=O) groups excluding carboxylic acids is 2. The summed E-state index contributed by atoms with van der Waals surface area (Å²) in [5.41, 5.74) is 0.763. The van der Waals surface area contributed by atoms with Crippen molar-refractivity contribution in [2.24, 2.45) is 0 Å². The molecule has 1 fully saturated rings. The Kier molecular flexibility index (Phi) is 9.09. The minimum absolute atomic E-state index is 0.149. The van der Waals surface area contributed by atoms with Gasteiger partial charge >= 0.3 is 0 Å². The first kappa shape index (κ1) is 24.7. The van der Waals surface area contributed by atoms with Crippen LogP contribution in [0.2, 0.25) is 15.1 Å². The van der Waals surface area contributed by atoms with Crippen LogP contribution in [0.4, 0.5) is 0 Å². The number of carbonyl (C=O) groups is 2. The van der Waals surface area contributed by atoms with Gasteiger partial charge < -0.3 is 15.0 Å². The second-order valence-corrected chi connectivity index (χ2v) is 9.14. The summed E-state index contributed by atoms with van der Waals surface area (Å²) >= 11 is 18.4. The van der Waals surface area contributed by atoms with Crippen molar-refractivity contribution in [2.75, 3.05) is 6.61 Å². The van der Waals surface area contributed by atoms with Crippen molar-refractivity contribution in [3.63, 3.8) is 0 Å². The predicted molar refractivity (Wildman–Crippen MR) is 128 cm³/mol. The lowest BCUT2D eigenvalue weighted by atomic mass is 10.1. The Balaban J connectivity index is 1.78. The summed E-state index contributed by atoms with van der Waals surface area (Å²) in [6.07, 6.45) is 4.63. The van der Waals surface area contributed by atoms with E-state index in [4.69, 9.17) is 39.5 Å². The molecule has 1 N–H and O–H groups in total. The Bertz CT molecular complexity index is 948. The molecule has 1 saturated carbocycles. The van der Waals surface area contributed by atoms with Gasteiger partial charge in [-0.2, -0.15) is 0 Å². The number of amides is 2. The Morgan fingerprint density at radius 1 is 1.09 bits per heavy atom. The maximum absolute atomic E-state index is 13.3. The molecule has 0 spiro atoms. The quantitative estimate of drug-likeness (QED) is 0.470.